The number of hydrogen-bond acceptors (Lipinski definition) is 3. The van der Waals surface area contributed by atoms with E-state index >= 15 is 0 Å². The fourth-order valence-corrected chi connectivity index (χ4v) is 3.75. The van der Waals surface area contributed by atoms with Crippen molar-refractivity contribution in [2.75, 3.05) is 19.6 Å². The van der Waals surface area contributed by atoms with Crippen molar-refractivity contribution in [3.8, 4) is 0 Å². The van der Waals surface area contributed by atoms with Crippen molar-refractivity contribution in [1.29, 1.82) is 0 Å². The van der Waals surface area contributed by atoms with Gasteiger partial charge >= 0.3 is 5.97 Å². The van der Waals surface area contributed by atoms with Gasteiger partial charge < -0.3 is 14.9 Å². The normalized spacial score (nSPS) is 17.9. The predicted octanol–water partition coefficient (Wildman–Crippen LogP) is 2.93. The second-order valence-corrected chi connectivity index (χ2v) is 7.99. The number of benzene rings is 1. The molecule has 1 aliphatic heterocycles. The molecule has 2 amide bonds. The molecule has 0 aromatic heterocycles. The average molecular weight is 395 g/mol. The molecule has 1 saturated heterocycles. The fraction of sp³-hybridized carbons (Fsp3) is 0.550. The third kappa shape index (κ3) is 5.22. The van der Waals surface area contributed by atoms with E-state index in [-0.39, 0.29) is 24.4 Å². The Morgan fingerprint density at radius 3 is 2.37 bits per heavy atom. The van der Waals surface area contributed by atoms with Crippen molar-refractivity contribution in [3.63, 3.8) is 0 Å². The van der Waals surface area contributed by atoms with Gasteiger partial charge in [-0.2, -0.15) is 0 Å². The Morgan fingerprint density at radius 2 is 1.81 bits per heavy atom. The molecule has 1 aliphatic rings. The summed E-state index contributed by atoms with van der Waals surface area (Å²) in [5.41, 5.74) is 0.208. The quantitative estimate of drug-likeness (QED) is 0.832. The summed E-state index contributed by atoms with van der Waals surface area (Å²) in [5, 5.41) is 9.69. The third-order valence-corrected chi connectivity index (χ3v) is 5.49. The standard InChI is InChI=1S/C20H27ClN2O4/c1-14(24)23(13-18(25)26)17-5-4-11-22(12-10-17)19(27)20(2,3)15-6-8-16(21)9-7-15/h6-9,17H,4-5,10-13H2,1-3H3,(H,25,26). The minimum atomic E-state index is -1.02. The van der Waals surface area contributed by atoms with Crippen LogP contribution in [0.15, 0.2) is 24.3 Å². The molecule has 27 heavy (non-hydrogen) atoms. The molecule has 148 valence electrons. The van der Waals surface area contributed by atoms with E-state index in [1.807, 2.05) is 30.9 Å². The first-order valence-corrected chi connectivity index (χ1v) is 9.55. The van der Waals surface area contributed by atoms with Gasteiger partial charge in [-0.25, -0.2) is 0 Å². The van der Waals surface area contributed by atoms with Crippen LogP contribution in [0.5, 0.6) is 0 Å². The summed E-state index contributed by atoms with van der Waals surface area (Å²) in [4.78, 5) is 39.3. The maximum atomic E-state index is 13.2. The van der Waals surface area contributed by atoms with E-state index in [2.05, 4.69) is 0 Å². The molecule has 0 bridgehead atoms. The van der Waals surface area contributed by atoms with E-state index in [1.165, 1.54) is 11.8 Å². The largest absolute Gasteiger partial charge is 0.480 e. The van der Waals surface area contributed by atoms with Gasteiger partial charge in [0.15, 0.2) is 0 Å². The van der Waals surface area contributed by atoms with Gasteiger partial charge in [-0.3, -0.25) is 14.4 Å². The zero-order chi connectivity index (χ0) is 20.2. The molecule has 0 radical (unpaired) electrons. The molecule has 7 heteroatoms. The maximum Gasteiger partial charge on any atom is 0.323 e. The minimum Gasteiger partial charge on any atom is -0.480 e. The van der Waals surface area contributed by atoms with E-state index in [1.54, 1.807) is 12.1 Å². The molecule has 1 unspecified atom stereocenters. The highest BCUT2D eigenvalue weighted by Gasteiger charge is 2.35. The fourth-order valence-electron chi connectivity index (χ4n) is 3.62. The summed E-state index contributed by atoms with van der Waals surface area (Å²) in [5.74, 6) is -1.24. The van der Waals surface area contributed by atoms with Crippen LogP contribution in [0.3, 0.4) is 0 Å². The molecule has 0 spiro atoms. The van der Waals surface area contributed by atoms with Gasteiger partial charge in [0.05, 0.1) is 5.41 Å². The Kier molecular flexibility index (Phi) is 6.87. The number of amides is 2. The van der Waals surface area contributed by atoms with Crippen molar-refractivity contribution in [2.45, 2.75) is 51.5 Å². The highest BCUT2D eigenvalue weighted by atomic mass is 35.5. The van der Waals surface area contributed by atoms with Crippen LogP contribution in [0.25, 0.3) is 0 Å². The van der Waals surface area contributed by atoms with Crippen LogP contribution in [0.1, 0.15) is 45.6 Å². The summed E-state index contributed by atoms with van der Waals surface area (Å²) in [7, 11) is 0. The van der Waals surface area contributed by atoms with E-state index in [9.17, 15) is 14.4 Å². The molecule has 2 rings (SSSR count). The molecule has 1 heterocycles. The van der Waals surface area contributed by atoms with Gasteiger partial charge in [0.25, 0.3) is 0 Å². The third-order valence-electron chi connectivity index (χ3n) is 5.24. The van der Waals surface area contributed by atoms with Crippen LogP contribution in [0, 0.1) is 0 Å². The SMILES string of the molecule is CC(=O)N(CC(=O)O)C1CCCN(C(=O)C(C)(C)c2ccc(Cl)cc2)CC1. The summed E-state index contributed by atoms with van der Waals surface area (Å²) in [6.45, 7) is 5.99. The Hall–Kier alpha value is -2.08. The molecule has 1 aromatic rings. The summed E-state index contributed by atoms with van der Waals surface area (Å²) in [6, 6.07) is 7.13. The van der Waals surface area contributed by atoms with E-state index in [4.69, 9.17) is 16.7 Å². The molecule has 1 aromatic carbocycles. The Labute approximate surface area is 165 Å². The zero-order valence-corrected chi connectivity index (χ0v) is 16.8. The molecule has 1 fully saturated rings. The molecule has 0 aliphatic carbocycles. The van der Waals surface area contributed by atoms with Gasteiger partial charge in [-0.1, -0.05) is 23.7 Å². The van der Waals surface area contributed by atoms with Crippen molar-refractivity contribution in [3.05, 3.63) is 34.9 Å². The number of likely N-dealkylation sites (tertiary alicyclic amines) is 1. The number of carbonyl (C=O) groups is 3. The van der Waals surface area contributed by atoms with Crippen LogP contribution in [0.2, 0.25) is 5.02 Å². The van der Waals surface area contributed by atoms with Crippen molar-refractivity contribution in [2.24, 2.45) is 0 Å². The second-order valence-electron chi connectivity index (χ2n) is 7.55. The number of aliphatic carboxylic acids is 1. The minimum absolute atomic E-state index is 0.0260. The summed E-state index contributed by atoms with van der Waals surface area (Å²) in [6.07, 6.45) is 2.00. The van der Waals surface area contributed by atoms with Crippen LogP contribution in [-0.2, 0) is 19.8 Å². The molecule has 1 atom stereocenters. The van der Waals surface area contributed by atoms with Gasteiger partial charge in [0.2, 0.25) is 11.8 Å². The number of hydrogen-bond donors (Lipinski definition) is 1. The van der Waals surface area contributed by atoms with E-state index in [0.29, 0.717) is 31.0 Å². The predicted molar refractivity (Wildman–Crippen MR) is 104 cm³/mol. The lowest BCUT2D eigenvalue weighted by molar-refractivity contribution is -0.145. The molecule has 1 N–H and O–H groups in total. The second kappa shape index (κ2) is 8.74. The number of halogens is 1. The topological polar surface area (TPSA) is 77.9 Å². The number of carboxylic acids is 1. The zero-order valence-electron chi connectivity index (χ0n) is 16.1. The first kappa shape index (κ1) is 21.2. The Balaban J connectivity index is 2.10. The van der Waals surface area contributed by atoms with Crippen LogP contribution >= 0.6 is 11.6 Å². The van der Waals surface area contributed by atoms with Gasteiger partial charge in [0.1, 0.15) is 6.54 Å². The van der Waals surface area contributed by atoms with Crippen molar-refractivity contribution < 1.29 is 19.5 Å². The van der Waals surface area contributed by atoms with Gasteiger partial charge in [0, 0.05) is 31.1 Å². The smallest absolute Gasteiger partial charge is 0.323 e. The highest BCUT2D eigenvalue weighted by molar-refractivity contribution is 6.30. The number of carbonyl (C=O) groups excluding carboxylic acids is 2. The maximum absolute atomic E-state index is 13.2. The number of rotatable bonds is 5. The first-order valence-electron chi connectivity index (χ1n) is 9.17. The lowest BCUT2D eigenvalue weighted by atomic mass is 9.83. The average Bonchev–Trinajstić information content (AvgIpc) is 2.85. The van der Waals surface area contributed by atoms with E-state index < -0.39 is 11.4 Å². The number of nitrogens with zero attached hydrogens (tertiary/aromatic N) is 2. The molecular formula is C20H27ClN2O4. The van der Waals surface area contributed by atoms with Crippen LogP contribution < -0.4 is 0 Å². The van der Waals surface area contributed by atoms with Crippen molar-refractivity contribution in [1.82, 2.24) is 9.80 Å². The Bertz CT molecular complexity index is 702. The Morgan fingerprint density at radius 1 is 1.19 bits per heavy atom. The highest BCUT2D eigenvalue weighted by Crippen LogP contribution is 2.28. The van der Waals surface area contributed by atoms with E-state index in [0.717, 1.165) is 12.0 Å². The van der Waals surface area contributed by atoms with Crippen LogP contribution in [0.4, 0.5) is 0 Å². The molecule has 6 nitrogen and oxygen atoms in total. The molecule has 0 saturated carbocycles. The summed E-state index contributed by atoms with van der Waals surface area (Å²) >= 11 is 5.95. The van der Waals surface area contributed by atoms with Gasteiger partial charge in [-0.05, 0) is 50.8 Å². The van der Waals surface area contributed by atoms with Crippen molar-refractivity contribution >= 4 is 29.4 Å². The summed E-state index contributed by atoms with van der Waals surface area (Å²) < 4.78 is 0. The first-order chi connectivity index (χ1) is 12.6. The monoisotopic (exact) mass is 394 g/mol. The lowest BCUT2D eigenvalue weighted by Crippen LogP contribution is -2.45. The van der Waals surface area contributed by atoms with Gasteiger partial charge in [-0.15, -0.1) is 0 Å². The lowest BCUT2D eigenvalue weighted by Gasteiger charge is -2.32. The van der Waals surface area contributed by atoms with Crippen LogP contribution in [-0.4, -0.2) is 58.4 Å². The number of carboxylic acid groups (broad SMARTS) is 1. The molecular weight excluding hydrogens is 368 g/mol.